The number of primary amides is 1. The average Bonchev–Trinajstić information content (AvgIpc) is 2.67. The zero-order valence-electron chi connectivity index (χ0n) is 15.7. The normalized spacial score (nSPS) is 30.8. The molecule has 3 fully saturated rings. The van der Waals surface area contributed by atoms with E-state index in [1.165, 1.54) is 6.42 Å². The fourth-order valence-electron chi connectivity index (χ4n) is 5.03. The molecule has 0 bridgehead atoms. The molecule has 1 radical (unpaired) electrons. The SMILES string of the molecule is NC(=O)C1CC(O)CCN1C[CH]C(=O)[N+]1(C2CCNCC2)CCCCC1. The second-order valence-electron chi connectivity index (χ2n) is 8.16. The van der Waals surface area contributed by atoms with E-state index in [9.17, 15) is 14.7 Å². The fourth-order valence-corrected chi connectivity index (χ4v) is 5.03. The zero-order chi connectivity index (χ0) is 18.6. The third-order valence-corrected chi connectivity index (χ3v) is 6.58. The first-order chi connectivity index (χ1) is 12.5. The number of nitrogens with zero attached hydrogens (tertiary/aromatic N) is 2. The van der Waals surface area contributed by atoms with Crippen molar-refractivity contribution in [2.45, 2.75) is 63.1 Å². The van der Waals surface area contributed by atoms with Crippen molar-refractivity contribution in [1.29, 1.82) is 0 Å². The molecule has 0 spiro atoms. The molecule has 3 rings (SSSR count). The average molecular weight is 367 g/mol. The summed E-state index contributed by atoms with van der Waals surface area (Å²) in [6, 6.07) is -0.0631. The van der Waals surface area contributed by atoms with Crippen LogP contribution in [0, 0.1) is 6.42 Å². The van der Waals surface area contributed by atoms with Crippen molar-refractivity contribution < 1.29 is 19.2 Å². The summed E-state index contributed by atoms with van der Waals surface area (Å²) in [6.45, 7) is 4.92. The van der Waals surface area contributed by atoms with Crippen LogP contribution in [0.5, 0.6) is 0 Å². The van der Waals surface area contributed by atoms with Crippen LogP contribution in [-0.2, 0) is 9.59 Å². The zero-order valence-corrected chi connectivity index (χ0v) is 15.7. The predicted molar refractivity (Wildman–Crippen MR) is 98.8 cm³/mol. The minimum atomic E-state index is -0.477. The summed E-state index contributed by atoms with van der Waals surface area (Å²) in [5.41, 5.74) is 5.51. The summed E-state index contributed by atoms with van der Waals surface area (Å²) in [7, 11) is 0. The van der Waals surface area contributed by atoms with Crippen molar-refractivity contribution in [3.63, 3.8) is 0 Å². The fraction of sp³-hybridized carbons (Fsp3) is 0.842. The van der Waals surface area contributed by atoms with Crippen LogP contribution in [0.1, 0.15) is 44.9 Å². The number of carbonyl (C=O) groups is 2. The van der Waals surface area contributed by atoms with Gasteiger partial charge in [0.05, 0.1) is 31.3 Å². The first-order valence-corrected chi connectivity index (χ1v) is 10.2. The van der Waals surface area contributed by atoms with Crippen LogP contribution in [0.3, 0.4) is 0 Å². The highest BCUT2D eigenvalue weighted by Crippen LogP contribution is 2.29. The van der Waals surface area contributed by atoms with Crippen molar-refractivity contribution in [3.8, 4) is 0 Å². The molecule has 7 nitrogen and oxygen atoms in total. The van der Waals surface area contributed by atoms with E-state index < -0.39 is 18.1 Å². The summed E-state index contributed by atoms with van der Waals surface area (Å²) in [5, 5.41) is 13.2. The van der Waals surface area contributed by atoms with E-state index in [1.54, 1.807) is 6.42 Å². The molecule has 0 aromatic rings. The van der Waals surface area contributed by atoms with E-state index in [-0.39, 0.29) is 5.91 Å². The highest BCUT2D eigenvalue weighted by Gasteiger charge is 2.45. The van der Waals surface area contributed by atoms with Crippen molar-refractivity contribution >= 4 is 11.8 Å². The van der Waals surface area contributed by atoms with E-state index in [0.717, 1.165) is 51.9 Å². The predicted octanol–water partition coefficient (Wildman–Crippen LogP) is -0.219. The van der Waals surface area contributed by atoms with Gasteiger partial charge in [-0.1, -0.05) is 0 Å². The third-order valence-electron chi connectivity index (χ3n) is 6.58. The maximum absolute atomic E-state index is 13.3. The summed E-state index contributed by atoms with van der Waals surface area (Å²) in [4.78, 5) is 27.0. The molecule has 26 heavy (non-hydrogen) atoms. The number of carbonyl (C=O) groups excluding carboxylic acids is 2. The maximum Gasteiger partial charge on any atom is 0.319 e. The Kier molecular flexibility index (Phi) is 6.66. The molecular formula is C19H34N4O3+. The number of likely N-dealkylation sites (tertiary alicyclic amines) is 2. The van der Waals surface area contributed by atoms with Gasteiger partial charge in [-0.25, -0.2) is 4.79 Å². The Hall–Kier alpha value is -1.02. The third kappa shape index (κ3) is 4.27. The van der Waals surface area contributed by atoms with Gasteiger partial charge < -0.3 is 16.2 Å². The lowest BCUT2D eigenvalue weighted by Gasteiger charge is -2.46. The highest BCUT2D eigenvalue weighted by molar-refractivity contribution is 5.81. The van der Waals surface area contributed by atoms with Crippen LogP contribution in [-0.4, -0.2) is 83.8 Å². The number of hydrogen-bond acceptors (Lipinski definition) is 5. The van der Waals surface area contributed by atoms with Crippen LogP contribution >= 0.6 is 0 Å². The van der Waals surface area contributed by atoms with Crippen molar-refractivity contribution in [1.82, 2.24) is 10.2 Å². The monoisotopic (exact) mass is 366 g/mol. The molecule has 0 aliphatic carbocycles. The quantitative estimate of drug-likeness (QED) is 0.585. The van der Waals surface area contributed by atoms with E-state index >= 15 is 0 Å². The molecule has 2 amide bonds. The van der Waals surface area contributed by atoms with Gasteiger partial charge in [-0.2, -0.15) is 0 Å². The van der Waals surface area contributed by atoms with E-state index in [1.807, 2.05) is 4.90 Å². The van der Waals surface area contributed by atoms with E-state index in [0.29, 0.717) is 36.5 Å². The number of amides is 2. The topological polar surface area (TPSA) is 95.7 Å². The molecule has 7 heteroatoms. The second kappa shape index (κ2) is 8.78. The minimum Gasteiger partial charge on any atom is -0.393 e. The number of quaternary nitrogens is 1. The van der Waals surface area contributed by atoms with Crippen LogP contribution in [0.25, 0.3) is 0 Å². The van der Waals surface area contributed by atoms with E-state index in [4.69, 9.17) is 5.73 Å². The molecule has 2 atom stereocenters. The van der Waals surface area contributed by atoms with Crippen molar-refractivity contribution in [2.24, 2.45) is 5.73 Å². The largest absolute Gasteiger partial charge is 0.393 e. The number of aliphatic hydroxyl groups excluding tert-OH is 1. The summed E-state index contributed by atoms with van der Waals surface area (Å²) in [6.07, 6.45) is 7.86. The summed E-state index contributed by atoms with van der Waals surface area (Å²) in [5.74, 6) is -0.198. The minimum absolute atomic E-state index is 0.214. The molecule has 0 saturated carbocycles. The molecule has 4 N–H and O–H groups in total. The number of hydrogen-bond donors (Lipinski definition) is 3. The molecule has 3 heterocycles. The number of nitrogens with two attached hydrogens (primary N) is 1. The molecule has 2 unspecified atom stereocenters. The lowest BCUT2D eigenvalue weighted by Crippen LogP contribution is -2.64. The molecule has 0 aromatic carbocycles. The number of piperidine rings is 3. The first kappa shape index (κ1) is 19.7. The van der Waals surface area contributed by atoms with Gasteiger partial charge in [-0.3, -0.25) is 14.2 Å². The van der Waals surface area contributed by atoms with Gasteiger partial charge in [0.2, 0.25) is 5.91 Å². The number of aliphatic hydroxyl groups is 1. The lowest BCUT2D eigenvalue weighted by molar-refractivity contribution is -0.884. The van der Waals surface area contributed by atoms with Crippen molar-refractivity contribution in [3.05, 3.63) is 6.42 Å². The molecule has 3 saturated heterocycles. The lowest BCUT2D eigenvalue weighted by atomic mass is 9.95. The molecule has 3 aliphatic rings. The number of rotatable bonds is 5. The van der Waals surface area contributed by atoms with Gasteiger partial charge in [0.25, 0.3) is 0 Å². The Balaban J connectivity index is 1.65. The summed E-state index contributed by atoms with van der Waals surface area (Å²) < 4.78 is 0.597. The number of nitrogens with one attached hydrogen (secondary N) is 1. The highest BCUT2D eigenvalue weighted by atomic mass is 16.3. The standard InChI is InChI=1S/C19H33N4O3/c20-19(26)17-14-16(24)6-10-22(17)11-7-18(25)23(12-2-1-3-13-23)15-4-8-21-9-5-15/h7,15-17,21,24H,1-6,8-14H2,(H-,20,26)/p+1. The second-order valence-corrected chi connectivity index (χ2v) is 8.16. The van der Waals surface area contributed by atoms with E-state index in [2.05, 4.69) is 5.32 Å². The van der Waals surface area contributed by atoms with Crippen LogP contribution in [0.2, 0.25) is 0 Å². The molecule has 3 aliphatic heterocycles. The van der Waals surface area contributed by atoms with Crippen LogP contribution < -0.4 is 11.1 Å². The Labute approximate surface area is 156 Å². The smallest absolute Gasteiger partial charge is 0.319 e. The van der Waals surface area contributed by atoms with Gasteiger partial charge in [-0.05, 0) is 32.1 Å². The first-order valence-electron chi connectivity index (χ1n) is 10.2. The van der Waals surface area contributed by atoms with Gasteiger partial charge in [0.1, 0.15) is 6.42 Å². The van der Waals surface area contributed by atoms with Gasteiger partial charge in [-0.15, -0.1) is 0 Å². The summed E-state index contributed by atoms with van der Waals surface area (Å²) >= 11 is 0. The Bertz CT molecular complexity index is 501. The maximum atomic E-state index is 13.3. The van der Waals surface area contributed by atoms with Gasteiger partial charge >= 0.3 is 5.91 Å². The van der Waals surface area contributed by atoms with Crippen LogP contribution in [0.15, 0.2) is 0 Å². The Morgan fingerprint density at radius 1 is 1.15 bits per heavy atom. The van der Waals surface area contributed by atoms with Gasteiger partial charge in [0, 0.05) is 39.0 Å². The molecule has 147 valence electrons. The molecule has 0 aromatic heterocycles. The molecular weight excluding hydrogens is 332 g/mol. The van der Waals surface area contributed by atoms with Crippen LogP contribution in [0.4, 0.5) is 0 Å². The Morgan fingerprint density at radius 2 is 1.85 bits per heavy atom. The van der Waals surface area contributed by atoms with Crippen molar-refractivity contribution in [2.75, 3.05) is 39.3 Å². The Morgan fingerprint density at radius 3 is 2.50 bits per heavy atom. The van der Waals surface area contributed by atoms with Gasteiger partial charge in [0.15, 0.2) is 0 Å².